The molecule has 0 bridgehead atoms. The van der Waals surface area contributed by atoms with E-state index < -0.39 is 0 Å². The van der Waals surface area contributed by atoms with E-state index in [-0.39, 0.29) is 11.5 Å². The van der Waals surface area contributed by atoms with Crippen LogP contribution in [0.15, 0.2) is 18.5 Å². The molecule has 20 heavy (non-hydrogen) atoms. The minimum atomic E-state index is 0.0183. The maximum atomic E-state index is 5.99. The minimum absolute atomic E-state index is 0.0183. The monoisotopic (exact) mass is 274 g/mol. The first-order chi connectivity index (χ1) is 9.47. The number of aromatic nitrogens is 3. The fourth-order valence-corrected chi connectivity index (χ4v) is 2.48. The standard InChI is InChI=1S/C15H22N4O/c1-15(2,3)13-8-12-14(17-4-5-19(12)18-13)20-11-6-10(7-11)9-16/h4-5,8,10-11H,6-7,9,16H2,1-3H3. The molecule has 3 rings (SSSR count). The third-order valence-electron chi connectivity index (χ3n) is 3.93. The van der Waals surface area contributed by atoms with Gasteiger partial charge in [0.05, 0.1) is 5.69 Å². The maximum absolute atomic E-state index is 5.99. The molecule has 1 aliphatic rings. The van der Waals surface area contributed by atoms with Crippen molar-refractivity contribution in [3.63, 3.8) is 0 Å². The molecular weight excluding hydrogens is 252 g/mol. The summed E-state index contributed by atoms with van der Waals surface area (Å²) in [5.41, 5.74) is 7.65. The molecule has 5 nitrogen and oxygen atoms in total. The molecule has 2 aromatic heterocycles. The van der Waals surface area contributed by atoms with Gasteiger partial charge in [-0.25, -0.2) is 9.50 Å². The number of hydrogen-bond acceptors (Lipinski definition) is 4. The van der Waals surface area contributed by atoms with Crippen LogP contribution in [0.1, 0.15) is 39.3 Å². The molecule has 0 saturated heterocycles. The van der Waals surface area contributed by atoms with Gasteiger partial charge in [-0.1, -0.05) is 20.8 Å². The van der Waals surface area contributed by atoms with Crippen molar-refractivity contribution >= 4 is 5.52 Å². The van der Waals surface area contributed by atoms with Gasteiger partial charge in [0.2, 0.25) is 5.88 Å². The van der Waals surface area contributed by atoms with E-state index in [4.69, 9.17) is 10.5 Å². The molecule has 2 aromatic rings. The zero-order chi connectivity index (χ0) is 14.3. The van der Waals surface area contributed by atoms with Crippen LogP contribution < -0.4 is 10.5 Å². The highest BCUT2D eigenvalue weighted by Gasteiger charge is 2.30. The number of hydrogen-bond donors (Lipinski definition) is 1. The summed E-state index contributed by atoms with van der Waals surface area (Å²) in [6.45, 7) is 7.21. The van der Waals surface area contributed by atoms with E-state index in [9.17, 15) is 0 Å². The van der Waals surface area contributed by atoms with Gasteiger partial charge in [-0.3, -0.25) is 0 Å². The van der Waals surface area contributed by atoms with Gasteiger partial charge in [0.15, 0.2) is 0 Å². The summed E-state index contributed by atoms with van der Waals surface area (Å²) in [4.78, 5) is 4.36. The Kier molecular flexibility index (Phi) is 3.17. The van der Waals surface area contributed by atoms with Crippen LogP contribution in [-0.4, -0.2) is 27.2 Å². The number of ether oxygens (including phenoxy) is 1. The first-order valence-corrected chi connectivity index (χ1v) is 7.19. The molecule has 2 N–H and O–H groups in total. The summed E-state index contributed by atoms with van der Waals surface area (Å²) in [5, 5.41) is 4.60. The second kappa shape index (κ2) is 4.74. The van der Waals surface area contributed by atoms with Crippen molar-refractivity contribution in [3.8, 4) is 5.88 Å². The first kappa shape index (κ1) is 13.4. The lowest BCUT2D eigenvalue weighted by molar-refractivity contribution is 0.0660. The van der Waals surface area contributed by atoms with Crippen LogP contribution in [0.4, 0.5) is 0 Å². The molecule has 0 amide bonds. The van der Waals surface area contributed by atoms with Crippen LogP contribution in [0.3, 0.4) is 0 Å². The lowest BCUT2D eigenvalue weighted by atomic mass is 9.82. The summed E-state index contributed by atoms with van der Waals surface area (Å²) in [6, 6.07) is 2.07. The maximum Gasteiger partial charge on any atom is 0.240 e. The molecule has 108 valence electrons. The van der Waals surface area contributed by atoms with Crippen molar-refractivity contribution in [3.05, 3.63) is 24.2 Å². The van der Waals surface area contributed by atoms with E-state index in [1.54, 1.807) is 6.20 Å². The van der Waals surface area contributed by atoms with E-state index in [1.807, 2.05) is 10.7 Å². The summed E-state index contributed by atoms with van der Waals surface area (Å²) in [6.07, 6.45) is 5.90. The molecule has 0 unspecified atom stereocenters. The Morgan fingerprint density at radius 3 is 2.80 bits per heavy atom. The Labute approximate surface area is 119 Å². The molecule has 0 atom stereocenters. The molecule has 0 aromatic carbocycles. The number of nitrogens with zero attached hydrogens (tertiary/aromatic N) is 3. The lowest BCUT2D eigenvalue weighted by Crippen LogP contribution is -2.38. The van der Waals surface area contributed by atoms with E-state index in [2.05, 4.69) is 36.9 Å². The van der Waals surface area contributed by atoms with Gasteiger partial charge in [0.25, 0.3) is 0 Å². The van der Waals surface area contributed by atoms with Crippen molar-refractivity contribution < 1.29 is 4.74 Å². The van der Waals surface area contributed by atoms with Crippen LogP contribution in [0.5, 0.6) is 5.88 Å². The summed E-state index contributed by atoms with van der Waals surface area (Å²) >= 11 is 0. The van der Waals surface area contributed by atoms with E-state index in [1.165, 1.54) is 0 Å². The van der Waals surface area contributed by atoms with Crippen molar-refractivity contribution in [2.75, 3.05) is 6.54 Å². The zero-order valence-electron chi connectivity index (χ0n) is 12.3. The minimum Gasteiger partial charge on any atom is -0.473 e. The van der Waals surface area contributed by atoms with Gasteiger partial charge in [-0.15, -0.1) is 0 Å². The van der Waals surface area contributed by atoms with Crippen LogP contribution in [0.25, 0.3) is 5.52 Å². The Hall–Kier alpha value is -1.62. The predicted molar refractivity (Wildman–Crippen MR) is 77.9 cm³/mol. The molecule has 1 fully saturated rings. The van der Waals surface area contributed by atoms with E-state index in [0.717, 1.165) is 30.6 Å². The fraction of sp³-hybridized carbons (Fsp3) is 0.600. The van der Waals surface area contributed by atoms with Gasteiger partial charge in [-0.05, 0) is 31.4 Å². The number of fused-ring (bicyclic) bond motifs is 1. The summed E-state index contributed by atoms with van der Waals surface area (Å²) < 4.78 is 7.84. The van der Waals surface area contributed by atoms with Crippen LogP contribution in [0, 0.1) is 5.92 Å². The molecule has 0 spiro atoms. The SMILES string of the molecule is CC(C)(C)c1cc2c(OC3CC(CN)C3)nccn2n1. The second-order valence-electron chi connectivity index (χ2n) is 6.65. The fourth-order valence-electron chi connectivity index (χ4n) is 2.48. The summed E-state index contributed by atoms with van der Waals surface area (Å²) in [5.74, 6) is 1.28. The Morgan fingerprint density at radius 2 is 2.15 bits per heavy atom. The van der Waals surface area contributed by atoms with Gasteiger partial charge < -0.3 is 10.5 Å². The summed E-state index contributed by atoms with van der Waals surface area (Å²) in [7, 11) is 0. The van der Waals surface area contributed by atoms with Crippen LogP contribution in [0.2, 0.25) is 0 Å². The molecule has 1 saturated carbocycles. The molecular formula is C15H22N4O. The zero-order valence-corrected chi connectivity index (χ0v) is 12.3. The Balaban J connectivity index is 1.86. The van der Waals surface area contributed by atoms with Crippen LogP contribution >= 0.6 is 0 Å². The third-order valence-corrected chi connectivity index (χ3v) is 3.93. The second-order valence-corrected chi connectivity index (χ2v) is 6.65. The Bertz CT molecular complexity index is 608. The normalized spacial score (nSPS) is 22.8. The Morgan fingerprint density at radius 1 is 1.40 bits per heavy atom. The quantitative estimate of drug-likeness (QED) is 0.931. The molecule has 1 aliphatic carbocycles. The van der Waals surface area contributed by atoms with Crippen LogP contribution in [-0.2, 0) is 5.41 Å². The van der Waals surface area contributed by atoms with Gasteiger partial charge >= 0.3 is 0 Å². The average molecular weight is 274 g/mol. The van der Waals surface area contributed by atoms with Gasteiger partial charge in [-0.2, -0.15) is 5.10 Å². The first-order valence-electron chi connectivity index (χ1n) is 7.19. The molecule has 5 heteroatoms. The van der Waals surface area contributed by atoms with Crippen molar-refractivity contribution in [1.82, 2.24) is 14.6 Å². The molecule has 0 radical (unpaired) electrons. The topological polar surface area (TPSA) is 65.4 Å². The number of nitrogens with two attached hydrogens (primary N) is 1. The van der Waals surface area contributed by atoms with Crippen molar-refractivity contribution in [1.29, 1.82) is 0 Å². The highest BCUT2D eigenvalue weighted by atomic mass is 16.5. The highest BCUT2D eigenvalue weighted by Crippen LogP contribution is 2.32. The number of rotatable bonds is 3. The smallest absolute Gasteiger partial charge is 0.240 e. The van der Waals surface area contributed by atoms with Gasteiger partial charge in [0, 0.05) is 17.8 Å². The molecule has 0 aliphatic heterocycles. The van der Waals surface area contributed by atoms with Crippen molar-refractivity contribution in [2.24, 2.45) is 11.7 Å². The highest BCUT2D eigenvalue weighted by molar-refractivity contribution is 5.57. The van der Waals surface area contributed by atoms with Crippen molar-refractivity contribution in [2.45, 2.75) is 45.1 Å². The van der Waals surface area contributed by atoms with E-state index >= 15 is 0 Å². The average Bonchev–Trinajstić information content (AvgIpc) is 2.77. The molecule has 2 heterocycles. The lowest BCUT2D eigenvalue weighted by Gasteiger charge is -2.34. The van der Waals surface area contributed by atoms with E-state index in [0.29, 0.717) is 11.8 Å². The third kappa shape index (κ3) is 2.38. The predicted octanol–water partition coefficient (Wildman–Crippen LogP) is 2.14. The largest absolute Gasteiger partial charge is 0.473 e. The van der Waals surface area contributed by atoms with Gasteiger partial charge in [0.1, 0.15) is 11.6 Å².